The Hall–Kier alpha value is -1.60. The summed E-state index contributed by atoms with van der Waals surface area (Å²) in [6.45, 7) is 2.62. The number of nitriles is 1. The molecule has 1 heterocycles. The van der Waals surface area contributed by atoms with Gasteiger partial charge in [-0.2, -0.15) is 5.26 Å². The highest BCUT2D eigenvalue weighted by atomic mass is 14.9. The van der Waals surface area contributed by atoms with Gasteiger partial charge in [0.1, 0.15) is 11.8 Å². The monoisotopic (exact) mass is 176 g/mol. The quantitative estimate of drug-likeness (QED) is 0.711. The van der Waals surface area contributed by atoms with Crippen LogP contribution in [0.25, 0.3) is 0 Å². The van der Waals surface area contributed by atoms with Gasteiger partial charge in [-0.3, -0.25) is 0 Å². The van der Waals surface area contributed by atoms with Gasteiger partial charge in [0.25, 0.3) is 0 Å². The average Bonchev–Trinajstić information content (AvgIpc) is 2.15. The molecule has 0 fully saturated rings. The van der Waals surface area contributed by atoms with Crippen molar-refractivity contribution in [1.29, 1.82) is 5.26 Å². The maximum Gasteiger partial charge on any atom is 0.140 e. The number of anilines is 1. The Morgan fingerprint density at radius 1 is 1.69 bits per heavy atom. The van der Waals surface area contributed by atoms with Crippen molar-refractivity contribution in [2.24, 2.45) is 5.73 Å². The zero-order chi connectivity index (χ0) is 9.68. The molecule has 4 nitrogen and oxygen atoms in total. The molecule has 1 unspecified atom stereocenters. The predicted octanol–water partition coefficient (Wildman–Crippen LogP) is 0.712. The lowest BCUT2D eigenvalue weighted by atomic mass is 10.3. The first-order valence-corrected chi connectivity index (χ1v) is 4.08. The van der Waals surface area contributed by atoms with Crippen LogP contribution >= 0.6 is 0 Å². The summed E-state index contributed by atoms with van der Waals surface area (Å²) < 4.78 is 0. The van der Waals surface area contributed by atoms with Crippen molar-refractivity contribution in [3.8, 4) is 6.07 Å². The number of pyridine rings is 1. The van der Waals surface area contributed by atoms with Crippen LogP contribution in [0.5, 0.6) is 0 Å². The molecule has 13 heavy (non-hydrogen) atoms. The van der Waals surface area contributed by atoms with Gasteiger partial charge in [-0.1, -0.05) is 0 Å². The van der Waals surface area contributed by atoms with Crippen molar-refractivity contribution in [3.63, 3.8) is 0 Å². The van der Waals surface area contributed by atoms with E-state index in [1.165, 1.54) is 0 Å². The van der Waals surface area contributed by atoms with E-state index in [-0.39, 0.29) is 6.04 Å². The molecule has 0 bridgehead atoms. The molecule has 0 radical (unpaired) electrons. The third-order valence-electron chi connectivity index (χ3n) is 1.51. The van der Waals surface area contributed by atoms with Gasteiger partial charge < -0.3 is 11.1 Å². The molecule has 0 aliphatic carbocycles. The number of aromatic nitrogens is 1. The summed E-state index contributed by atoms with van der Waals surface area (Å²) in [5, 5.41) is 11.6. The predicted molar refractivity (Wildman–Crippen MR) is 51.1 cm³/mol. The van der Waals surface area contributed by atoms with Crippen molar-refractivity contribution in [2.75, 3.05) is 11.9 Å². The molecule has 0 saturated heterocycles. The number of nitrogens with two attached hydrogens (primary N) is 1. The zero-order valence-corrected chi connectivity index (χ0v) is 7.49. The van der Waals surface area contributed by atoms with E-state index in [0.717, 1.165) is 5.69 Å². The molecule has 3 N–H and O–H groups in total. The maximum absolute atomic E-state index is 8.49. The fraction of sp³-hybridized carbons (Fsp3) is 0.333. The van der Waals surface area contributed by atoms with Gasteiger partial charge in [0.2, 0.25) is 0 Å². The summed E-state index contributed by atoms with van der Waals surface area (Å²) in [7, 11) is 0. The first-order valence-electron chi connectivity index (χ1n) is 4.08. The number of nitrogens with one attached hydrogen (secondary N) is 1. The van der Waals surface area contributed by atoms with Crippen LogP contribution in [0.3, 0.4) is 0 Å². The van der Waals surface area contributed by atoms with Crippen LogP contribution in [0.15, 0.2) is 18.3 Å². The summed E-state index contributed by atoms with van der Waals surface area (Å²) >= 11 is 0. The van der Waals surface area contributed by atoms with E-state index in [0.29, 0.717) is 12.2 Å². The average molecular weight is 176 g/mol. The highest BCUT2D eigenvalue weighted by molar-refractivity contribution is 5.42. The van der Waals surface area contributed by atoms with E-state index in [4.69, 9.17) is 11.0 Å². The number of hydrogen-bond donors (Lipinski definition) is 2. The molecule has 0 aliphatic heterocycles. The van der Waals surface area contributed by atoms with Crippen LogP contribution in [-0.2, 0) is 0 Å². The van der Waals surface area contributed by atoms with E-state index < -0.39 is 0 Å². The normalized spacial score (nSPS) is 11.8. The fourth-order valence-electron chi connectivity index (χ4n) is 0.843. The van der Waals surface area contributed by atoms with E-state index in [9.17, 15) is 0 Å². The molecule has 0 aliphatic rings. The Labute approximate surface area is 77.4 Å². The van der Waals surface area contributed by atoms with Crippen molar-refractivity contribution in [3.05, 3.63) is 24.0 Å². The molecule has 4 heteroatoms. The van der Waals surface area contributed by atoms with Crippen molar-refractivity contribution in [2.45, 2.75) is 13.0 Å². The Kier molecular flexibility index (Phi) is 3.23. The molecule has 0 amide bonds. The second-order valence-corrected chi connectivity index (χ2v) is 2.90. The van der Waals surface area contributed by atoms with Gasteiger partial charge in [-0.25, -0.2) is 4.98 Å². The van der Waals surface area contributed by atoms with E-state index in [1.807, 2.05) is 19.1 Å². The highest BCUT2D eigenvalue weighted by Gasteiger charge is 1.95. The number of hydrogen-bond acceptors (Lipinski definition) is 4. The molecule has 0 spiro atoms. The minimum Gasteiger partial charge on any atom is -0.382 e. The summed E-state index contributed by atoms with van der Waals surface area (Å²) in [6, 6.07) is 5.55. The second kappa shape index (κ2) is 4.43. The van der Waals surface area contributed by atoms with Crippen molar-refractivity contribution >= 4 is 5.69 Å². The topological polar surface area (TPSA) is 74.7 Å². The van der Waals surface area contributed by atoms with Gasteiger partial charge in [0.05, 0.1) is 11.9 Å². The summed E-state index contributed by atoms with van der Waals surface area (Å²) in [5.41, 5.74) is 6.87. The van der Waals surface area contributed by atoms with Gasteiger partial charge in [0, 0.05) is 12.6 Å². The van der Waals surface area contributed by atoms with E-state index in [2.05, 4.69) is 10.3 Å². The Morgan fingerprint density at radius 3 is 2.92 bits per heavy atom. The lowest BCUT2D eigenvalue weighted by molar-refractivity contribution is 0.780. The largest absolute Gasteiger partial charge is 0.382 e. The molecule has 0 saturated carbocycles. The Morgan fingerprint density at radius 2 is 2.46 bits per heavy atom. The van der Waals surface area contributed by atoms with Crippen molar-refractivity contribution < 1.29 is 0 Å². The maximum atomic E-state index is 8.49. The van der Waals surface area contributed by atoms with Crippen LogP contribution in [0, 0.1) is 11.3 Å². The van der Waals surface area contributed by atoms with Gasteiger partial charge in [-0.05, 0) is 19.1 Å². The zero-order valence-electron chi connectivity index (χ0n) is 7.49. The van der Waals surface area contributed by atoms with E-state index in [1.54, 1.807) is 12.3 Å². The van der Waals surface area contributed by atoms with Crippen LogP contribution in [-0.4, -0.2) is 17.6 Å². The minimum atomic E-state index is 0.107. The van der Waals surface area contributed by atoms with Crippen LogP contribution < -0.4 is 11.1 Å². The van der Waals surface area contributed by atoms with Crippen molar-refractivity contribution in [1.82, 2.24) is 4.98 Å². The molecule has 1 atom stereocenters. The molecular formula is C9H12N4. The molecule has 1 rings (SSSR count). The minimum absolute atomic E-state index is 0.107. The SMILES string of the molecule is CC(N)CNc1ccc(C#N)nc1. The fourth-order valence-corrected chi connectivity index (χ4v) is 0.843. The molecule has 1 aromatic rings. The summed E-state index contributed by atoms with van der Waals surface area (Å²) in [4.78, 5) is 3.91. The first kappa shape index (κ1) is 9.49. The molecule has 1 aromatic heterocycles. The third-order valence-corrected chi connectivity index (χ3v) is 1.51. The standard InChI is InChI=1S/C9H12N4/c1-7(11)5-12-9-3-2-8(4-10)13-6-9/h2-3,6-7,12H,5,11H2,1H3. The number of nitrogens with zero attached hydrogens (tertiary/aromatic N) is 2. The second-order valence-electron chi connectivity index (χ2n) is 2.90. The van der Waals surface area contributed by atoms with Crippen LogP contribution in [0.2, 0.25) is 0 Å². The lowest BCUT2D eigenvalue weighted by Gasteiger charge is -2.07. The summed E-state index contributed by atoms with van der Waals surface area (Å²) in [5.74, 6) is 0. The van der Waals surface area contributed by atoms with Crippen LogP contribution in [0.4, 0.5) is 5.69 Å². The Balaban J connectivity index is 2.55. The lowest BCUT2D eigenvalue weighted by Crippen LogP contribution is -2.25. The van der Waals surface area contributed by atoms with Gasteiger partial charge in [0.15, 0.2) is 0 Å². The van der Waals surface area contributed by atoms with E-state index >= 15 is 0 Å². The Bertz CT molecular complexity index is 296. The molecule has 0 aromatic carbocycles. The highest BCUT2D eigenvalue weighted by Crippen LogP contribution is 2.04. The third kappa shape index (κ3) is 3.09. The molecular weight excluding hydrogens is 164 g/mol. The number of rotatable bonds is 3. The smallest absolute Gasteiger partial charge is 0.140 e. The van der Waals surface area contributed by atoms with Crippen LogP contribution in [0.1, 0.15) is 12.6 Å². The first-order chi connectivity index (χ1) is 6.22. The van der Waals surface area contributed by atoms with Gasteiger partial charge in [-0.15, -0.1) is 0 Å². The summed E-state index contributed by atoms with van der Waals surface area (Å²) in [6.07, 6.45) is 1.63. The molecule has 68 valence electrons. The van der Waals surface area contributed by atoms with Gasteiger partial charge >= 0.3 is 0 Å².